The summed E-state index contributed by atoms with van der Waals surface area (Å²) < 4.78 is 23.9. The first-order chi connectivity index (χ1) is 11.0. The molecule has 0 saturated heterocycles. The van der Waals surface area contributed by atoms with Crippen molar-refractivity contribution in [3.05, 3.63) is 64.4 Å². The van der Waals surface area contributed by atoms with Crippen LogP contribution in [-0.4, -0.2) is 19.1 Å². The molecular weight excluding hydrogens is 321 g/mol. The van der Waals surface area contributed by atoms with Crippen LogP contribution in [0.3, 0.4) is 0 Å². The number of nitrogens with two attached hydrogens (primary N) is 1. The van der Waals surface area contributed by atoms with Gasteiger partial charge in [-0.2, -0.15) is 0 Å². The van der Waals surface area contributed by atoms with Crippen molar-refractivity contribution in [1.82, 2.24) is 0 Å². The van der Waals surface area contributed by atoms with E-state index in [2.05, 4.69) is 4.74 Å². The minimum atomic E-state index is -0.740. The Bertz CT molecular complexity index is 673. The molecule has 0 spiro atoms. The van der Waals surface area contributed by atoms with Crippen LogP contribution in [0.2, 0.25) is 5.02 Å². The molecule has 23 heavy (non-hydrogen) atoms. The largest absolute Gasteiger partial charge is 0.489 e. The van der Waals surface area contributed by atoms with Gasteiger partial charge in [-0.3, -0.25) is 4.79 Å². The molecule has 0 amide bonds. The number of benzene rings is 2. The number of hydrogen-bond acceptors (Lipinski definition) is 4. The first kappa shape index (κ1) is 17.2. The maximum absolute atomic E-state index is 13.7. The molecule has 2 aromatic carbocycles. The lowest BCUT2D eigenvalue weighted by Crippen LogP contribution is -2.33. The van der Waals surface area contributed by atoms with E-state index >= 15 is 0 Å². The predicted octanol–water partition coefficient (Wildman–Crippen LogP) is 3.10. The van der Waals surface area contributed by atoms with Gasteiger partial charge in [-0.25, -0.2) is 4.39 Å². The number of ether oxygens (including phenoxy) is 2. The Balaban J connectivity index is 2.04. The lowest BCUT2D eigenvalue weighted by Gasteiger charge is -2.12. The number of methoxy groups -OCH3 is 1. The molecule has 1 unspecified atom stereocenters. The summed E-state index contributed by atoms with van der Waals surface area (Å²) in [4.78, 5) is 11.4. The molecule has 0 aromatic heterocycles. The SMILES string of the molecule is COC(=O)C(N)Cc1cccc(OCc2c(F)cccc2Cl)c1. The summed E-state index contributed by atoms with van der Waals surface area (Å²) in [5.41, 5.74) is 6.85. The fourth-order valence-electron chi connectivity index (χ4n) is 2.08. The molecule has 0 heterocycles. The normalized spacial score (nSPS) is 11.8. The second-order valence-electron chi connectivity index (χ2n) is 4.97. The summed E-state index contributed by atoms with van der Waals surface area (Å²) >= 11 is 5.96. The van der Waals surface area contributed by atoms with Crippen LogP contribution in [0.1, 0.15) is 11.1 Å². The van der Waals surface area contributed by atoms with Gasteiger partial charge in [-0.1, -0.05) is 29.8 Å². The van der Waals surface area contributed by atoms with Gasteiger partial charge >= 0.3 is 5.97 Å². The third kappa shape index (κ3) is 4.68. The highest BCUT2D eigenvalue weighted by molar-refractivity contribution is 6.31. The second kappa shape index (κ2) is 7.94. The zero-order valence-corrected chi connectivity index (χ0v) is 13.3. The standard InChI is InChI=1S/C17H17ClFNO3/c1-22-17(21)16(20)9-11-4-2-5-12(8-11)23-10-13-14(18)6-3-7-15(13)19/h2-8,16H,9-10,20H2,1H3. The van der Waals surface area contributed by atoms with Gasteiger partial charge in [0, 0.05) is 5.56 Å². The first-order valence-electron chi connectivity index (χ1n) is 6.99. The second-order valence-corrected chi connectivity index (χ2v) is 5.38. The fraction of sp³-hybridized carbons (Fsp3) is 0.235. The Morgan fingerprint density at radius 1 is 1.30 bits per heavy atom. The van der Waals surface area contributed by atoms with Crippen LogP contribution in [0, 0.1) is 5.82 Å². The van der Waals surface area contributed by atoms with Crippen molar-refractivity contribution in [2.75, 3.05) is 7.11 Å². The van der Waals surface area contributed by atoms with E-state index in [9.17, 15) is 9.18 Å². The number of carbonyl (C=O) groups is 1. The summed E-state index contributed by atoms with van der Waals surface area (Å²) in [5, 5.41) is 0.314. The molecule has 2 aromatic rings. The Hall–Kier alpha value is -2.11. The van der Waals surface area contributed by atoms with Gasteiger partial charge in [0.15, 0.2) is 0 Å². The minimum Gasteiger partial charge on any atom is -0.489 e. The lowest BCUT2D eigenvalue weighted by molar-refractivity contribution is -0.142. The molecule has 4 nitrogen and oxygen atoms in total. The summed E-state index contributed by atoms with van der Waals surface area (Å²) in [6, 6.07) is 10.8. The average molecular weight is 338 g/mol. The quantitative estimate of drug-likeness (QED) is 0.823. The van der Waals surface area contributed by atoms with Crippen LogP contribution in [0.5, 0.6) is 5.75 Å². The van der Waals surface area contributed by atoms with Crippen LogP contribution >= 0.6 is 11.6 Å². The molecule has 0 aliphatic carbocycles. The number of hydrogen-bond donors (Lipinski definition) is 1. The first-order valence-corrected chi connectivity index (χ1v) is 7.37. The van der Waals surface area contributed by atoms with Crippen LogP contribution in [0.15, 0.2) is 42.5 Å². The van der Waals surface area contributed by atoms with Crippen molar-refractivity contribution >= 4 is 17.6 Å². The van der Waals surface area contributed by atoms with E-state index < -0.39 is 17.8 Å². The van der Waals surface area contributed by atoms with Crippen molar-refractivity contribution in [1.29, 1.82) is 0 Å². The summed E-state index contributed by atoms with van der Waals surface area (Å²) in [6.45, 7) is 0.0119. The minimum absolute atomic E-state index is 0.0119. The van der Waals surface area contributed by atoms with Crippen molar-refractivity contribution < 1.29 is 18.7 Å². The van der Waals surface area contributed by atoms with Crippen molar-refractivity contribution in [2.45, 2.75) is 19.1 Å². The van der Waals surface area contributed by atoms with E-state index in [1.807, 2.05) is 6.07 Å². The average Bonchev–Trinajstić information content (AvgIpc) is 2.54. The molecule has 122 valence electrons. The smallest absolute Gasteiger partial charge is 0.322 e. The van der Waals surface area contributed by atoms with Crippen LogP contribution in [0.25, 0.3) is 0 Å². The van der Waals surface area contributed by atoms with Crippen LogP contribution in [-0.2, 0) is 22.6 Å². The molecule has 2 N–H and O–H groups in total. The topological polar surface area (TPSA) is 61.5 Å². The zero-order valence-electron chi connectivity index (χ0n) is 12.6. The van der Waals surface area contributed by atoms with Crippen molar-refractivity contribution in [3.8, 4) is 5.75 Å². The number of halogens is 2. The molecule has 1 atom stereocenters. The van der Waals surface area contributed by atoms with E-state index in [4.69, 9.17) is 22.1 Å². The van der Waals surface area contributed by atoms with Gasteiger partial charge in [0.2, 0.25) is 0 Å². The van der Waals surface area contributed by atoms with E-state index in [0.29, 0.717) is 22.8 Å². The molecule has 0 aliphatic rings. The molecule has 0 aliphatic heterocycles. The Labute approximate surface area is 139 Å². The molecular formula is C17H17ClFNO3. The van der Waals surface area contributed by atoms with Gasteiger partial charge in [-0.05, 0) is 36.2 Å². The maximum Gasteiger partial charge on any atom is 0.322 e. The highest BCUT2D eigenvalue weighted by atomic mass is 35.5. The van der Waals surface area contributed by atoms with Crippen molar-refractivity contribution in [3.63, 3.8) is 0 Å². The summed E-state index contributed by atoms with van der Waals surface area (Å²) in [7, 11) is 1.29. The van der Waals surface area contributed by atoms with Gasteiger partial charge in [0.1, 0.15) is 24.2 Å². The van der Waals surface area contributed by atoms with Gasteiger partial charge in [0.05, 0.1) is 12.1 Å². The fourth-order valence-corrected chi connectivity index (χ4v) is 2.29. The van der Waals surface area contributed by atoms with E-state index in [1.165, 1.54) is 19.2 Å². The Morgan fingerprint density at radius 2 is 2.04 bits per heavy atom. The molecule has 6 heteroatoms. The lowest BCUT2D eigenvalue weighted by atomic mass is 10.1. The van der Waals surface area contributed by atoms with Gasteiger partial charge in [-0.15, -0.1) is 0 Å². The highest BCUT2D eigenvalue weighted by Gasteiger charge is 2.14. The summed E-state index contributed by atoms with van der Waals surface area (Å²) in [6.07, 6.45) is 0.324. The van der Waals surface area contributed by atoms with E-state index in [-0.39, 0.29) is 6.61 Å². The van der Waals surface area contributed by atoms with Crippen LogP contribution < -0.4 is 10.5 Å². The maximum atomic E-state index is 13.7. The monoisotopic (exact) mass is 337 g/mol. The third-order valence-electron chi connectivity index (χ3n) is 3.30. The summed E-state index contributed by atoms with van der Waals surface area (Å²) in [5.74, 6) is -0.352. The predicted molar refractivity (Wildman–Crippen MR) is 85.9 cm³/mol. The molecule has 0 saturated carbocycles. The van der Waals surface area contributed by atoms with Gasteiger partial charge < -0.3 is 15.2 Å². The third-order valence-corrected chi connectivity index (χ3v) is 3.66. The molecule has 0 bridgehead atoms. The molecule has 0 fully saturated rings. The van der Waals surface area contributed by atoms with Crippen molar-refractivity contribution in [2.24, 2.45) is 5.73 Å². The number of esters is 1. The Kier molecular flexibility index (Phi) is 5.96. The van der Waals surface area contributed by atoms with Gasteiger partial charge in [0.25, 0.3) is 0 Å². The zero-order chi connectivity index (χ0) is 16.8. The number of carbonyl (C=O) groups excluding carboxylic acids is 1. The van der Waals surface area contributed by atoms with E-state index in [0.717, 1.165) is 5.56 Å². The van der Waals surface area contributed by atoms with Crippen LogP contribution in [0.4, 0.5) is 4.39 Å². The molecule has 0 radical (unpaired) electrons. The highest BCUT2D eigenvalue weighted by Crippen LogP contribution is 2.22. The molecule has 2 rings (SSSR count). The Morgan fingerprint density at radius 3 is 2.74 bits per heavy atom. The number of rotatable bonds is 6. The van der Waals surface area contributed by atoms with E-state index in [1.54, 1.807) is 24.3 Å².